The van der Waals surface area contributed by atoms with Crippen molar-refractivity contribution in [3.63, 3.8) is 0 Å². The van der Waals surface area contributed by atoms with Gasteiger partial charge in [0, 0.05) is 27.1 Å². The molecule has 9 aromatic carbocycles. The fourth-order valence-electron chi connectivity index (χ4n) is 9.19. The van der Waals surface area contributed by atoms with Gasteiger partial charge in [-0.2, -0.15) is 15.0 Å². The summed E-state index contributed by atoms with van der Waals surface area (Å²) >= 11 is 0. The minimum atomic E-state index is -1.00. The van der Waals surface area contributed by atoms with Gasteiger partial charge in [0.2, 0.25) is 11.9 Å². The van der Waals surface area contributed by atoms with E-state index in [1.807, 2.05) is 91.0 Å². The van der Waals surface area contributed by atoms with Gasteiger partial charge >= 0.3 is 0 Å². The highest BCUT2D eigenvalue weighted by atomic mass is 15.3. The van der Waals surface area contributed by atoms with E-state index in [1.165, 1.54) is 0 Å². The molecule has 0 saturated carbocycles. The van der Waals surface area contributed by atoms with E-state index in [9.17, 15) is 12.3 Å². The Morgan fingerprint density at radius 1 is 0.381 bits per heavy atom. The van der Waals surface area contributed by atoms with Crippen LogP contribution in [-0.2, 0) is 5.41 Å². The lowest BCUT2D eigenvalue weighted by molar-refractivity contribution is 0.768. The summed E-state index contributed by atoms with van der Waals surface area (Å²) in [4.78, 5) is 15.2. The maximum atomic E-state index is 10.1. The quantitative estimate of drug-likeness (QED) is 0.168. The van der Waals surface area contributed by atoms with Crippen molar-refractivity contribution in [2.24, 2.45) is 0 Å². The van der Waals surface area contributed by atoms with Crippen molar-refractivity contribution in [1.82, 2.24) is 24.1 Å². The van der Waals surface area contributed by atoms with E-state index in [4.69, 9.17) is 30.0 Å². The second-order valence-corrected chi connectivity index (χ2v) is 14.8. The zero-order valence-electron chi connectivity index (χ0n) is 52.6. The zero-order chi connectivity index (χ0) is 58.9. The molecule has 0 amide bonds. The molecular formula is C58H37N5. The Kier molecular flexibility index (Phi) is 4.58. The average Bonchev–Trinajstić information content (AvgIpc) is 1.75. The molecule has 1 aliphatic carbocycles. The molecule has 0 saturated heterocycles. The van der Waals surface area contributed by atoms with Crippen LogP contribution in [0.5, 0.6) is 0 Å². The van der Waals surface area contributed by atoms with Crippen LogP contribution < -0.4 is 0 Å². The van der Waals surface area contributed by atoms with E-state index < -0.39 is 177 Å². The minimum Gasteiger partial charge on any atom is -0.278 e. The predicted molar refractivity (Wildman–Crippen MR) is 257 cm³/mol. The third-order valence-corrected chi connectivity index (χ3v) is 11.7. The summed E-state index contributed by atoms with van der Waals surface area (Å²) in [5.41, 5.74) is 0.987. The van der Waals surface area contributed by atoms with Gasteiger partial charge in [-0.3, -0.25) is 9.13 Å². The van der Waals surface area contributed by atoms with Crippen molar-refractivity contribution in [2.75, 3.05) is 0 Å². The van der Waals surface area contributed by atoms with Gasteiger partial charge in [0.25, 0.3) is 0 Å². The lowest BCUT2D eigenvalue weighted by Gasteiger charge is -2.33. The van der Waals surface area contributed by atoms with Gasteiger partial charge in [-0.1, -0.05) is 200 Å². The Morgan fingerprint density at radius 2 is 0.873 bits per heavy atom. The van der Waals surface area contributed by atoms with Crippen LogP contribution in [0.15, 0.2) is 224 Å². The molecule has 0 radical (unpaired) electrons. The molecule has 0 atom stereocenters. The smallest absolute Gasteiger partial charge is 0.240 e. The Labute approximate surface area is 392 Å². The predicted octanol–water partition coefficient (Wildman–Crippen LogP) is 13.8. The molecule has 1 aliphatic rings. The topological polar surface area (TPSA) is 48.5 Å². The number of hydrogen-bond acceptors (Lipinski definition) is 3. The Hall–Kier alpha value is -8.41. The van der Waals surface area contributed by atoms with E-state index in [0.717, 1.165) is 37.0 Å². The minimum absolute atomic E-state index is 0.221. The van der Waals surface area contributed by atoms with Crippen LogP contribution in [0.1, 0.15) is 49.7 Å². The van der Waals surface area contributed by atoms with Crippen LogP contribution in [0.4, 0.5) is 0 Å². The molecule has 63 heavy (non-hydrogen) atoms. The second kappa shape index (κ2) is 13.8. The van der Waals surface area contributed by atoms with Crippen molar-refractivity contribution < 1.29 is 27.4 Å². The zero-order valence-corrected chi connectivity index (χ0v) is 32.6. The molecule has 13 rings (SSSR count). The molecule has 12 aromatic rings. The molecule has 3 aromatic heterocycles. The third-order valence-electron chi connectivity index (χ3n) is 11.7. The van der Waals surface area contributed by atoms with Crippen LogP contribution in [0.25, 0.3) is 89.2 Å². The standard InChI is InChI=1S/C58H37N5/c1-4-19-38(20-5-1)39-35-36-45-44-27-13-17-34-52(44)63(53(45)37-39)57-60-55(59-56(61-57)62-50-32-15-11-25-42(50)43-26-12-16-33-51(43)62)47-29-18-31-49-54(47)46-28-10-14-30-48(46)58(49,40-21-6-2-7-22-40)41-23-8-3-9-24-41/h1-37H/i1D,4D,5D,11D,12D,13D,15D,16D,17D,19D,20D,25D,26D,27D,32D,33D,34D,35D,36D,37D. The SMILES string of the molecule is [2H]c1c([2H])c([2H])c(-c2c([2H])c([2H])c3c4c([2H])c([2H])c([2H])c([2H])c4n(-c4nc(-c5cccc6c5-c5ccccc5C6(c5ccccc5)c5ccccc5)nc(-n5c6c([2H])c([2H])c([2H])c([2H])c6c6c([2H])c([2H])c([2H])c([2H])c65)n4)c3c2[2H])c([2H])c1[2H]. The first kappa shape index (κ1) is 20.9. The van der Waals surface area contributed by atoms with E-state index in [0.29, 0.717) is 11.1 Å². The van der Waals surface area contributed by atoms with Gasteiger partial charge < -0.3 is 0 Å². The molecule has 0 aliphatic heterocycles. The lowest BCUT2D eigenvalue weighted by atomic mass is 9.67. The summed E-state index contributed by atoms with van der Waals surface area (Å²) < 4.78 is 184. The van der Waals surface area contributed by atoms with Gasteiger partial charge in [0.1, 0.15) is 0 Å². The van der Waals surface area contributed by atoms with E-state index in [2.05, 4.69) is 0 Å². The second-order valence-electron chi connectivity index (χ2n) is 14.8. The molecular weight excluding hydrogens is 767 g/mol. The monoisotopic (exact) mass is 823 g/mol. The first-order valence-electron chi connectivity index (χ1n) is 29.8. The number of nitrogens with zero attached hydrogens (tertiary/aromatic N) is 5. The summed E-state index contributed by atoms with van der Waals surface area (Å²) in [6.07, 6.45) is 0. The number of para-hydroxylation sites is 3. The highest BCUT2D eigenvalue weighted by Crippen LogP contribution is 2.58. The van der Waals surface area contributed by atoms with Crippen LogP contribution in [0.2, 0.25) is 0 Å². The van der Waals surface area contributed by atoms with Crippen LogP contribution in [-0.4, -0.2) is 24.1 Å². The normalized spacial score (nSPS) is 17.3. The molecule has 0 spiro atoms. The molecule has 0 bridgehead atoms. The van der Waals surface area contributed by atoms with Gasteiger partial charge in [0.15, 0.2) is 5.82 Å². The Morgan fingerprint density at radius 3 is 1.49 bits per heavy atom. The number of aromatic nitrogens is 5. The first-order valence-corrected chi connectivity index (χ1v) is 19.8. The number of hydrogen-bond donors (Lipinski definition) is 0. The largest absolute Gasteiger partial charge is 0.278 e. The van der Waals surface area contributed by atoms with Crippen molar-refractivity contribution in [2.45, 2.75) is 5.41 Å². The van der Waals surface area contributed by atoms with Gasteiger partial charge in [-0.25, -0.2) is 0 Å². The maximum absolute atomic E-state index is 10.1. The molecule has 0 unspecified atom stereocenters. The average molecular weight is 824 g/mol. The fourth-order valence-corrected chi connectivity index (χ4v) is 9.19. The van der Waals surface area contributed by atoms with Crippen LogP contribution in [0, 0.1) is 0 Å². The highest BCUT2D eigenvalue weighted by Gasteiger charge is 2.47. The highest BCUT2D eigenvalue weighted by molar-refractivity contribution is 6.11. The number of fused-ring (bicyclic) bond motifs is 9. The van der Waals surface area contributed by atoms with E-state index in [-0.39, 0.29) is 22.0 Å². The lowest BCUT2D eigenvalue weighted by Crippen LogP contribution is -2.28. The molecule has 5 nitrogen and oxygen atoms in total. The number of rotatable bonds is 6. The van der Waals surface area contributed by atoms with E-state index in [1.54, 1.807) is 12.1 Å². The van der Waals surface area contributed by atoms with Crippen LogP contribution >= 0.6 is 0 Å². The summed E-state index contributed by atoms with van der Waals surface area (Å²) in [7, 11) is 0. The van der Waals surface area contributed by atoms with Gasteiger partial charge in [0.05, 0.1) is 54.9 Å². The van der Waals surface area contributed by atoms with Crippen LogP contribution in [0.3, 0.4) is 0 Å². The van der Waals surface area contributed by atoms with Crippen molar-refractivity contribution in [1.29, 1.82) is 0 Å². The van der Waals surface area contributed by atoms with Crippen molar-refractivity contribution in [3.8, 4) is 45.5 Å². The summed E-state index contributed by atoms with van der Waals surface area (Å²) in [6.45, 7) is 0. The van der Waals surface area contributed by atoms with Crippen molar-refractivity contribution >= 4 is 43.6 Å². The molecule has 3 heterocycles. The fraction of sp³-hybridized carbons (Fsp3) is 0.0172. The summed E-state index contributed by atoms with van der Waals surface area (Å²) in [6, 6.07) is 17.6. The van der Waals surface area contributed by atoms with Gasteiger partial charge in [-0.15, -0.1) is 0 Å². The number of benzene rings is 9. The summed E-state index contributed by atoms with van der Waals surface area (Å²) in [5.74, 6) is -1.37. The maximum Gasteiger partial charge on any atom is 0.240 e. The first-order chi connectivity index (χ1) is 39.6. The van der Waals surface area contributed by atoms with Gasteiger partial charge in [-0.05, 0) is 68.7 Å². The molecule has 0 fully saturated rings. The molecule has 0 N–H and O–H groups in total. The molecule has 5 heteroatoms. The Balaban J connectivity index is 1.27. The molecule has 294 valence electrons. The summed E-state index contributed by atoms with van der Waals surface area (Å²) in [5, 5.41) is -1.45. The van der Waals surface area contributed by atoms with E-state index >= 15 is 0 Å². The van der Waals surface area contributed by atoms with Crippen molar-refractivity contribution in [3.05, 3.63) is 246 Å². The third kappa shape index (κ3) is 5.14. The Bertz CT molecular complexity index is 4780.